The summed E-state index contributed by atoms with van der Waals surface area (Å²) in [5, 5.41) is 25.5. The topological polar surface area (TPSA) is 80.4 Å². The summed E-state index contributed by atoms with van der Waals surface area (Å²) in [6, 6.07) is 4.82. The zero-order chi connectivity index (χ0) is 20.1. The van der Waals surface area contributed by atoms with Crippen LogP contribution in [-0.2, 0) is 10.9 Å². The van der Waals surface area contributed by atoms with Crippen molar-refractivity contribution in [3.8, 4) is 17.0 Å². The summed E-state index contributed by atoms with van der Waals surface area (Å²) in [7, 11) is 0. The van der Waals surface area contributed by atoms with Crippen LogP contribution in [0.5, 0.6) is 5.75 Å². The molecule has 1 aliphatic heterocycles. The average Bonchev–Trinajstić information content (AvgIpc) is 3.04. The van der Waals surface area contributed by atoms with E-state index in [-0.39, 0.29) is 23.8 Å². The molecule has 148 valence electrons. The number of aliphatic hydroxyl groups excluding tert-OH is 1. The Morgan fingerprint density at radius 1 is 1.25 bits per heavy atom. The largest absolute Gasteiger partial charge is 0.507 e. The first kappa shape index (κ1) is 18.7. The molecule has 0 spiro atoms. The maximum Gasteiger partial charge on any atom is 0.416 e. The lowest BCUT2D eigenvalue weighted by molar-refractivity contribution is -0.137. The van der Waals surface area contributed by atoms with Gasteiger partial charge in [0.05, 0.1) is 30.0 Å². The Bertz CT molecular complexity index is 1010. The predicted octanol–water partition coefficient (Wildman–Crippen LogP) is 3.45. The molecule has 0 radical (unpaired) electrons. The molecule has 0 bridgehead atoms. The number of phenols is 1. The number of ether oxygens (including phenoxy) is 1. The molecule has 2 N–H and O–H groups in total. The quantitative estimate of drug-likeness (QED) is 0.697. The highest BCUT2D eigenvalue weighted by molar-refractivity contribution is 5.80. The van der Waals surface area contributed by atoms with E-state index in [4.69, 9.17) is 4.74 Å². The first-order valence-corrected chi connectivity index (χ1v) is 8.77. The van der Waals surface area contributed by atoms with Crippen LogP contribution >= 0.6 is 0 Å². The van der Waals surface area contributed by atoms with Gasteiger partial charge in [0.1, 0.15) is 5.75 Å². The molecule has 1 aliphatic rings. The van der Waals surface area contributed by atoms with E-state index in [0.29, 0.717) is 30.4 Å². The fraction of sp³-hybridized carbons (Fsp3) is 0.368. The number of hydrogen-bond acceptors (Lipinski definition) is 5. The summed E-state index contributed by atoms with van der Waals surface area (Å²) >= 11 is 0. The van der Waals surface area contributed by atoms with Crippen molar-refractivity contribution in [2.75, 3.05) is 13.2 Å². The lowest BCUT2D eigenvalue weighted by Crippen LogP contribution is -2.34. The van der Waals surface area contributed by atoms with Gasteiger partial charge in [-0.1, -0.05) is 0 Å². The number of rotatable bonds is 2. The van der Waals surface area contributed by atoms with Gasteiger partial charge >= 0.3 is 6.18 Å². The molecule has 0 aliphatic carbocycles. The molecule has 3 aromatic rings. The van der Waals surface area contributed by atoms with Crippen LogP contribution in [0.2, 0.25) is 0 Å². The third-order valence-corrected chi connectivity index (χ3v) is 4.92. The molecular formula is C19H18F3N3O3. The maximum absolute atomic E-state index is 12.9. The van der Waals surface area contributed by atoms with Crippen LogP contribution in [0.25, 0.3) is 22.3 Å². The number of pyridine rings is 1. The fourth-order valence-corrected chi connectivity index (χ4v) is 3.52. The highest BCUT2D eigenvalue weighted by Gasteiger charge is 2.32. The molecule has 1 saturated heterocycles. The number of phenolic OH excluding ortho intramolecular Hbond substituents is 1. The lowest BCUT2D eigenvalue weighted by Gasteiger charge is -2.27. The molecule has 0 unspecified atom stereocenters. The van der Waals surface area contributed by atoms with E-state index < -0.39 is 23.6 Å². The van der Waals surface area contributed by atoms with E-state index >= 15 is 0 Å². The molecule has 28 heavy (non-hydrogen) atoms. The second-order valence-electron chi connectivity index (χ2n) is 6.90. The van der Waals surface area contributed by atoms with Crippen molar-refractivity contribution in [3.05, 3.63) is 41.6 Å². The summed E-state index contributed by atoms with van der Waals surface area (Å²) in [5.74, 6) is -0.488. The minimum Gasteiger partial charge on any atom is -0.507 e. The van der Waals surface area contributed by atoms with Crippen molar-refractivity contribution in [3.63, 3.8) is 0 Å². The highest BCUT2D eigenvalue weighted by atomic mass is 19.4. The third-order valence-electron chi connectivity index (χ3n) is 4.92. The van der Waals surface area contributed by atoms with Crippen LogP contribution in [0.4, 0.5) is 13.2 Å². The molecular weight excluding hydrogens is 375 g/mol. The molecule has 4 rings (SSSR count). The van der Waals surface area contributed by atoms with Gasteiger partial charge < -0.3 is 14.9 Å². The van der Waals surface area contributed by atoms with E-state index in [1.807, 2.05) is 0 Å². The number of nitrogens with zero attached hydrogens (tertiary/aromatic N) is 3. The second kappa shape index (κ2) is 6.75. The van der Waals surface area contributed by atoms with Gasteiger partial charge in [0.25, 0.3) is 0 Å². The first-order valence-electron chi connectivity index (χ1n) is 8.77. The third kappa shape index (κ3) is 3.31. The predicted molar refractivity (Wildman–Crippen MR) is 94.8 cm³/mol. The standard InChI is InChI=1S/C19H18F3N3O3/c1-10-6-12(19(20,21)22)7-15(26)17(10)13-3-2-11-8-25(24-18(11)23-13)14-4-5-28-9-16(14)27/h2-3,6-8,14,16,26-27H,4-5,9H2,1H3/t14-,16-/m0/s1. The van der Waals surface area contributed by atoms with Crippen LogP contribution in [-0.4, -0.2) is 44.3 Å². The Balaban J connectivity index is 1.74. The molecule has 1 fully saturated rings. The van der Waals surface area contributed by atoms with Gasteiger partial charge in [0.15, 0.2) is 5.65 Å². The molecule has 6 nitrogen and oxygen atoms in total. The molecule has 2 atom stereocenters. The number of fused-ring (bicyclic) bond motifs is 1. The Hall–Kier alpha value is -2.65. The summed E-state index contributed by atoms with van der Waals surface area (Å²) in [5.41, 5.74) is 0.294. The van der Waals surface area contributed by atoms with Crippen molar-refractivity contribution in [1.29, 1.82) is 0 Å². The summed E-state index contributed by atoms with van der Waals surface area (Å²) in [6.45, 7) is 2.25. The number of aryl methyl sites for hydroxylation is 1. The first-order chi connectivity index (χ1) is 13.2. The number of aliphatic hydroxyl groups is 1. The molecule has 3 heterocycles. The molecule has 9 heteroatoms. The van der Waals surface area contributed by atoms with Crippen molar-refractivity contribution < 1.29 is 28.1 Å². The lowest BCUT2D eigenvalue weighted by atomic mass is 10.00. The Kier molecular flexibility index (Phi) is 4.51. The van der Waals surface area contributed by atoms with Crippen LogP contribution in [0.15, 0.2) is 30.5 Å². The number of aromatic hydroxyl groups is 1. The van der Waals surface area contributed by atoms with Crippen LogP contribution < -0.4 is 0 Å². The number of hydrogen-bond donors (Lipinski definition) is 2. The van der Waals surface area contributed by atoms with Gasteiger partial charge in [-0.2, -0.15) is 18.3 Å². The van der Waals surface area contributed by atoms with Gasteiger partial charge in [0.2, 0.25) is 0 Å². The zero-order valence-electron chi connectivity index (χ0n) is 14.9. The second-order valence-corrected chi connectivity index (χ2v) is 6.90. The smallest absolute Gasteiger partial charge is 0.416 e. The van der Waals surface area contributed by atoms with Gasteiger partial charge in [0, 0.05) is 23.8 Å². The van der Waals surface area contributed by atoms with Crippen molar-refractivity contribution in [2.24, 2.45) is 0 Å². The van der Waals surface area contributed by atoms with Gasteiger partial charge in [-0.25, -0.2) is 4.98 Å². The normalized spacial score (nSPS) is 20.6. The minimum atomic E-state index is -4.54. The fourth-order valence-electron chi connectivity index (χ4n) is 3.52. The van der Waals surface area contributed by atoms with E-state index in [0.717, 1.165) is 11.5 Å². The SMILES string of the molecule is Cc1cc(C(F)(F)F)cc(O)c1-c1ccc2cn([C@H]3CCOC[C@@H]3O)nc2n1. The van der Waals surface area contributed by atoms with Gasteiger partial charge in [-0.05, 0) is 43.2 Å². The number of aromatic nitrogens is 3. The van der Waals surface area contributed by atoms with Gasteiger partial charge in [-0.3, -0.25) is 4.68 Å². The Labute approximate surface area is 158 Å². The van der Waals surface area contributed by atoms with E-state index in [1.165, 1.54) is 6.92 Å². The Morgan fingerprint density at radius 3 is 2.71 bits per heavy atom. The maximum atomic E-state index is 12.9. The summed E-state index contributed by atoms with van der Waals surface area (Å²) in [4.78, 5) is 4.41. The van der Waals surface area contributed by atoms with Crippen LogP contribution in [0, 0.1) is 6.92 Å². The Morgan fingerprint density at radius 2 is 2.04 bits per heavy atom. The van der Waals surface area contributed by atoms with Crippen molar-refractivity contribution in [2.45, 2.75) is 31.7 Å². The van der Waals surface area contributed by atoms with Crippen molar-refractivity contribution >= 4 is 11.0 Å². The molecule has 1 aromatic carbocycles. The van der Waals surface area contributed by atoms with E-state index in [9.17, 15) is 23.4 Å². The molecule has 2 aromatic heterocycles. The number of alkyl halides is 3. The van der Waals surface area contributed by atoms with Gasteiger partial charge in [-0.15, -0.1) is 0 Å². The minimum absolute atomic E-state index is 0.229. The number of halogens is 3. The van der Waals surface area contributed by atoms with Crippen molar-refractivity contribution in [1.82, 2.24) is 14.8 Å². The van der Waals surface area contributed by atoms with Crippen LogP contribution in [0.1, 0.15) is 23.6 Å². The monoisotopic (exact) mass is 393 g/mol. The zero-order valence-corrected chi connectivity index (χ0v) is 14.9. The molecule has 0 saturated carbocycles. The summed E-state index contributed by atoms with van der Waals surface area (Å²) < 4.78 is 45.7. The number of benzene rings is 1. The highest BCUT2D eigenvalue weighted by Crippen LogP contribution is 2.38. The van der Waals surface area contributed by atoms with E-state index in [1.54, 1.807) is 23.0 Å². The summed E-state index contributed by atoms with van der Waals surface area (Å²) in [6.07, 6.45) is -2.84. The van der Waals surface area contributed by atoms with E-state index in [2.05, 4.69) is 10.1 Å². The average molecular weight is 393 g/mol. The molecule has 0 amide bonds. The van der Waals surface area contributed by atoms with Crippen LogP contribution in [0.3, 0.4) is 0 Å².